The number of carbonyl (C=O) groups excluding carboxylic acids is 3. The van der Waals surface area contributed by atoms with Crippen molar-refractivity contribution in [3.05, 3.63) is 90.0 Å². The maximum Gasteiger partial charge on any atom is 0.415 e. The van der Waals surface area contributed by atoms with Crippen LogP contribution in [0, 0.1) is 6.92 Å². The summed E-state index contributed by atoms with van der Waals surface area (Å²) in [7, 11) is -3.92. The highest BCUT2D eigenvalue weighted by Gasteiger charge is 2.41. The lowest BCUT2D eigenvalue weighted by molar-refractivity contribution is -0.158. The maximum atomic E-state index is 13.6. The fraction of sp³-hybridized carbons (Fsp3) is 0.417. The number of aryl methyl sites for hydroxylation is 1. The second kappa shape index (κ2) is 14.8. The summed E-state index contributed by atoms with van der Waals surface area (Å²) in [5.41, 5.74) is 1.93. The van der Waals surface area contributed by atoms with Crippen molar-refractivity contribution in [1.82, 2.24) is 14.5 Å². The fourth-order valence-electron chi connectivity index (χ4n) is 5.85. The topological polar surface area (TPSA) is 126 Å². The smallest absolute Gasteiger partial charge is 0.415 e. The van der Waals surface area contributed by atoms with Crippen LogP contribution in [0.4, 0.5) is 10.5 Å². The average Bonchev–Trinajstić information content (AvgIpc) is 3.57. The maximum absolute atomic E-state index is 13.6. The van der Waals surface area contributed by atoms with Crippen molar-refractivity contribution in [1.29, 1.82) is 0 Å². The number of carbonyl (C=O) groups is 3. The van der Waals surface area contributed by atoms with E-state index < -0.39 is 45.7 Å². The van der Waals surface area contributed by atoms with Gasteiger partial charge in [0.2, 0.25) is 15.9 Å². The Morgan fingerprint density at radius 1 is 0.875 bits per heavy atom. The van der Waals surface area contributed by atoms with Gasteiger partial charge in [-0.15, -0.1) is 0 Å². The molecule has 256 valence electrons. The summed E-state index contributed by atoms with van der Waals surface area (Å²) in [5.74, 6) is -0.834. The second-order valence-corrected chi connectivity index (χ2v) is 15.1. The van der Waals surface area contributed by atoms with Gasteiger partial charge >= 0.3 is 12.1 Å². The molecule has 0 spiro atoms. The minimum Gasteiger partial charge on any atom is -0.458 e. The molecule has 48 heavy (non-hydrogen) atoms. The van der Waals surface area contributed by atoms with Crippen LogP contribution in [-0.2, 0) is 30.8 Å². The Morgan fingerprint density at radius 2 is 1.52 bits per heavy atom. The number of esters is 1. The summed E-state index contributed by atoms with van der Waals surface area (Å²) in [4.78, 5) is 43.8. The van der Waals surface area contributed by atoms with Gasteiger partial charge in [-0.05, 0) is 82.5 Å². The number of benzene rings is 3. The van der Waals surface area contributed by atoms with Crippen LogP contribution in [0.3, 0.4) is 0 Å². The van der Waals surface area contributed by atoms with E-state index in [0.717, 1.165) is 11.3 Å². The fourth-order valence-corrected chi connectivity index (χ4v) is 7.51. The second-order valence-electron chi connectivity index (χ2n) is 13.2. The van der Waals surface area contributed by atoms with E-state index in [4.69, 9.17) is 9.47 Å². The van der Waals surface area contributed by atoms with Crippen molar-refractivity contribution >= 4 is 33.7 Å². The van der Waals surface area contributed by atoms with Crippen LogP contribution in [0.1, 0.15) is 44.7 Å². The van der Waals surface area contributed by atoms with Crippen LogP contribution in [-0.4, -0.2) is 86.0 Å². The summed E-state index contributed by atoms with van der Waals surface area (Å²) in [5, 5.41) is 2.78. The molecule has 3 aromatic carbocycles. The van der Waals surface area contributed by atoms with Crippen LogP contribution >= 0.6 is 0 Å². The molecule has 1 N–H and O–H groups in total. The van der Waals surface area contributed by atoms with E-state index in [0.29, 0.717) is 50.3 Å². The number of ether oxygens (including phenoxy) is 2. The highest BCUT2D eigenvalue weighted by molar-refractivity contribution is 7.89. The summed E-state index contributed by atoms with van der Waals surface area (Å²) >= 11 is 0. The number of piperazine rings is 1. The lowest BCUT2D eigenvalue weighted by Gasteiger charge is -2.35. The van der Waals surface area contributed by atoms with E-state index >= 15 is 0 Å². The summed E-state index contributed by atoms with van der Waals surface area (Å²) in [6.45, 7) is 9.76. The number of hydrogen-bond acceptors (Lipinski definition) is 8. The van der Waals surface area contributed by atoms with E-state index in [1.807, 2.05) is 25.1 Å². The number of amides is 2. The summed E-state index contributed by atoms with van der Waals surface area (Å²) in [6, 6.07) is 21.3. The Bertz CT molecular complexity index is 1680. The summed E-state index contributed by atoms with van der Waals surface area (Å²) in [6.07, 6.45) is 0.507. The van der Waals surface area contributed by atoms with Crippen LogP contribution in [0.15, 0.2) is 83.8 Å². The molecule has 2 fully saturated rings. The van der Waals surface area contributed by atoms with E-state index in [9.17, 15) is 22.8 Å². The number of anilines is 1. The third-order valence-electron chi connectivity index (χ3n) is 8.37. The number of nitrogens with one attached hydrogen (secondary N) is 1. The molecule has 0 aromatic heterocycles. The molecular weight excluding hydrogens is 632 g/mol. The molecule has 2 aliphatic heterocycles. The molecule has 0 radical (unpaired) electrons. The molecule has 0 aliphatic carbocycles. The first-order valence-electron chi connectivity index (χ1n) is 16.3. The minimum atomic E-state index is -3.92. The van der Waals surface area contributed by atoms with Crippen molar-refractivity contribution in [3.63, 3.8) is 0 Å². The van der Waals surface area contributed by atoms with Crippen LogP contribution < -0.4 is 15.0 Å². The van der Waals surface area contributed by atoms with Gasteiger partial charge in [-0.3, -0.25) is 4.79 Å². The first kappa shape index (κ1) is 34.9. The van der Waals surface area contributed by atoms with Crippen LogP contribution in [0.2, 0.25) is 0 Å². The molecule has 5 rings (SSSR count). The van der Waals surface area contributed by atoms with Crippen LogP contribution in [0.25, 0.3) is 0 Å². The number of sulfonamides is 1. The molecule has 2 saturated heterocycles. The van der Waals surface area contributed by atoms with Crippen LogP contribution in [0.5, 0.6) is 5.75 Å². The zero-order valence-electron chi connectivity index (χ0n) is 27.9. The van der Waals surface area contributed by atoms with E-state index in [1.54, 1.807) is 62.1 Å². The van der Waals surface area contributed by atoms with Gasteiger partial charge in [0.05, 0.1) is 4.90 Å². The zero-order valence-corrected chi connectivity index (χ0v) is 28.7. The standard InChI is InChI=1S/C36H44N4O7S/c1-26-12-18-30(19-13-26)48(44,45)40-20-8-11-32(40)33(41)37-31(34(42)47-36(2,3)4)25-27-14-16-29(17-15-27)46-35(43)39-23-21-38(22-24-39)28-9-6-5-7-10-28/h5-7,9-10,12-19,31-32H,8,11,20-25H2,1-4H3,(H,37,41)/t31-,32-/m0/s1. The quantitative estimate of drug-likeness (QED) is 0.328. The molecule has 0 bridgehead atoms. The van der Waals surface area contributed by atoms with E-state index in [1.165, 1.54) is 16.4 Å². The van der Waals surface area contributed by atoms with Crippen molar-refractivity contribution < 1.29 is 32.3 Å². The molecule has 12 heteroatoms. The minimum absolute atomic E-state index is 0.0910. The molecule has 2 atom stereocenters. The predicted molar refractivity (Wildman–Crippen MR) is 182 cm³/mol. The Labute approximate surface area is 282 Å². The van der Waals surface area contributed by atoms with Gasteiger partial charge < -0.3 is 24.6 Å². The molecule has 0 saturated carbocycles. The molecule has 2 aliphatic rings. The number of hydrogen-bond donors (Lipinski definition) is 1. The highest BCUT2D eigenvalue weighted by atomic mass is 32.2. The molecular formula is C36H44N4O7S. The van der Waals surface area contributed by atoms with Gasteiger partial charge in [-0.1, -0.05) is 48.0 Å². The zero-order chi connectivity index (χ0) is 34.5. The Hall–Kier alpha value is -4.42. The number of nitrogens with zero attached hydrogens (tertiary/aromatic N) is 3. The first-order chi connectivity index (χ1) is 22.8. The normalized spacial score (nSPS) is 17.9. The third-order valence-corrected chi connectivity index (χ3v) is 10.3. The lowest BCUT2D eigenvalue weighted by Crippen LogP contribution is -2.52. The largest absolute Gasteiger partial charge is 0.458 e. The number of rotatable bonds is 9. The first-order valence-corrected chi connectivity index (χ1v) is 17.7. The molecule has 2 amide bonds. The van der Waals surface area contributed by atoms with Gasteiger partial charge in [-0.2, -0.15) is 4.31 Å². The van der Waals surface area contributed by atoms with Crippen molar-refractivity contribution in [2.24, 2.45) is 0 Å². The summed E-state index contributed by atoms with van der Waals surface area (Å²) < 4.78 is 39.4. The molecule has 2 heterocycles. The third kappa shape index (κ3) is 8.73. The van der Waals surface area contributed by atoms with Gasteiger partial charge in [0, 0.05) is 44.8 Å². The average molecular weight is 677 g/mol. The SMILES string of the molecule is Cc1ccc(S(=O)(=O)N2CCC[C@H]2C(=O)N[C@@H](Cc2ccc(OC(=O)N3CCN(c4ccccc4)CC3)cc2)C(=O)OC(C)(C)C)cc1. The molecule has 3 aromatic rings. The Morgan fingerprint density at radius 3 is 2.15 bits per heavy atom. The van der Waals surface area contributed by atoms with Crippen molar-refractivity contribution in [2.75, 3.05) is 37.6 Å². The molecule has 11 nitrogen and oxygen atoms in total. The van der Waals surface area contributed by atoms with Gasteiger partial charge in [0.15, 0.2) is 0 Å². The number of para-hydroxylation sites is 1. The van der Waals surface area contributed by atoms with Gasteiger partial charge in [0.1, 0.15) is 23.4 Å². The van der Waals surface area contributed by atoms with E-state index in [-0.39, 0.29) is 17.9 Å². The highest BCUT2D eigenvalue weighted by Crippen LogP contribution is 2.27. The van der Waals surface area contributed by atoms with Crippen molar-refractivity contribution in [3.8, 4) is 5.75 Å². The Kier molecular flexibility index (Phi) is 10.7. The predicted octanol–water partition coefficient (Wildman–Crippen LogP) is 4.54. The van der Waals surface area contributed by atoms with Gasteiger partial charge in [-0.25, -0.2) is 18.0 Å². The van der Waals surface area contributed by atoms with Crippen molar-refractivity contribution in [2.45, 2.75) is 69.5 Å². The lowest BCUT2D eigenvalue weighted by atomic mass is 10.0. The monoisotopic (exact) mass is 676 g/mol. The van der Waals surface area contributed by atoms with Gasteiger partial charge in [0.25, 0.3) is 0 Å². The Balaban J connectivity index is 1.22. The van der Waals surface area contributed by atoms with E-state index in [2.05, 4.69) is 22.3 Å². The molecule has 0 unspecified atom stereocenters.